The Kier molecular flexibility index (Phi) is 4.77. The van der Waals surface area contributed by atoms with E-state index >= 15 is 0 Å². The van der Waals surface area contributed by atoms with E-state index in [4.69, 9.17) is 4.42 Å². The van der Waals surface area contributed by atoms with Crippen LogP contribution >= 0.6 is 0 Å². The van der Waals surface area contributed by atoms with E-state index in [-0.39, 0.29) is 11.9 Å². The van der Waals surface area contributed by atoms with Crippen LogP contribution < -0.4 is 5.32 Å². The average Bonchev–Trinajstić information content (AvgIpc) is 2.96. The largest absolute Gasteiger partial charge is 0.465 e. The highest BCUT2D eigenvalue weighted by Crippen LogP contribution is 2.21. The molecular weight excluding hydrogens is 250 g/mol. The van der Waals surface area contributed by atoms with Crippen LogP contribution in [0.15, 0.2) is 59.2 Å². The zero-order valence-electron chi connectivity index (χ0n) is 11.7. The van der Waals surface area contributed by atoms with Gasteiger partial charge in [0.05, 0.1) is 12.3 Å². The van der Waals surface area contributed by atoms with Gasteiger partial charge >= 0.3 is 0 Å². The number of carbonyl (C=O) groups excluding carboxylic acids is 1. The zero-order valence-corrected chi connectivity index (χ0v) is 11.7. The van der Waals surface area contributed by atoms with Crippen molar-refractivity contribution in [3.8, 4) is 0 Å². The van der Waals surface area contributed by atoms with E-state index in [1.165, 1.54) is 6.08 Å². The van der Waals surface area contributed by atoms with Crippen LogP contribution in [0.4, 0.5) is 0 Å². The molecule has 0 fully saturated rings. The lowest BCUT2D eigenvalue weighted by atomic mass is 9.96. The summed E-state index contributed by atoms with van der Waals surface area (Å²) in [6.07, 6.45) is 4.74. The number of nitrogens with one attached hydrogen (secondary N) is 1. The van der Waals surface area contributed by atoms with E-state index in [1.807, 2.05) is 30.3 Å². The van der Waals surface area contributed by atoms with Gasteiger partial charge in [0.25, 0.3) is 0 Å². The van der Waals surface area contributed by atoms with E-state index in [0.717, 1.165) is 5.56 Å². The van der Waals surface area contributed by atoms with Gasteiger partial charge < -0.3 is 9.73 Å². The SMILES string of the molecule is CC(C)C(NC(=O)/C=C/c1ccco1)c1ccccc1. The first-order valence-corrected chi connectivity index (χ1v) is 6.74. The van der Waals surface area contributed by atoms with Crippen LogP contribution in [0.1, 0.15) is 31.2 Å². The molecule has 2 rings (SSSR count). The number of carbonyl (C=O) groups is 1. The van der Waals surface area contributed by atoms with Crippen LogP contribution in [0.5, 0.6) is 0 Å². The molecule has 0 radical (unpaired) electrons. The van der Waals surface area contributed by atoms with E-state index in [1.54, 1.807) is 24.5 Å². The van der Waals surface area contributed by atoms with Crippen LogP contribution in [0.2, 0.25) is 0 Å². The third-order valence-corrected chi connectivity index (χ3v) is 3.07. The van der Waals surface area contributed by atoms with Gasteiger partial charge in [0.2, 0.25) is 5.91 Å². The highest BCUT2D eigenvalue weighted by molar-refractivity contribution is 5.91. The van der Waals surface area contributed by atoms with E-state index in [9.17, 15) is 4.79 Å². The number of hydrogen-bond donors (Lipinski definition) is 1. The molecule has 1 atom stereocenters. The van der Waals surface area contributed by atoms with Gasteiger partial charge in [-0.2, -0.15) is 0 Å². The molecule has 0 bridgehead atoms. The Bertz CT molecular complexity index is 556. The summed E-state index contributed by atoms with van der Waals surface area (Å²) in [4.78, 5) is 12.0. The first-order valence-electron chi connectivity index (χ1n) is 6.74. The molecule has 0 spiro atoms. The smallest absolute Gasteiger partial charge is 0.244 e. The fourth-order valence-electron chi connectivity index (χ4n) is 2.04. The van der Waals surface area contributed by atoms with Crippen molar-refractivity contribution >= 4 is 12.0 Å². The van der Waals surface area contributed by atoms with Gasteiger partial charge in [0.15, 0.2) is 0 Å². The number of benzene rings is 1. The molecule has 1 amide bonds. The highest BCUT2D eigenvalue weighted by atomic mass is 16.3. The van der Waals surface area contributed by atoms with Gasteiger partial charge in [-0.25, -0.2) is 0 Å². The van der Waals surface area contributed by atoms with Crippen LogP contribution in [-0.2, 0) is 4.79 Å². The van der Waals surface area contributed by atoms with Crippen LogP contribution in [0, 0.1) is 5.92 Å². The number of furan rings is 1. The zero-order chi connectivity index (χ0) is 14.4. The quantitative estimate of drug-likeness (QED) is 0.839. The minimum Gasteiger partial charge on any atom is -0.465 e. The fraction of sp³-hybridized carbons (Fsp3) is 0.235. The molecule has 1 aromatic heterocycles. The van der Waals surface area contributed by atoms with Crippen molar-refractivity contribution < 1.29 is 9.21 Å². The number of hydrogen-bond acceptors (Lipinski definition) is 2. The van der Waals surface area contributed by atoms with Gasteiger partial charge in [-0.1, -0.05) is 44.2 Å². The molecule has 104 valence electrons. The Morgan fingerprint density at radius 2 is 1.90 bits per heavy atom. The summed E-state index contributed by atoms with van der Waals surface area (Å²) in [6, 6.07) is 13.6. The van der Waals surface area contributed by atoms with Gasteiger partial charge in [0.1, 0.15) is 5.76 Å². The first kappa shape index (κ1) is 14.1. The van der Waals surface area contributed by atoms with Crippen molar-refractivity contribution in [1.82, 2.24) is 5.32 Å². The summed E-state index contributed by atoms with van der Waals surface area (Å²) < 4.78 is 5.15. The van der Waals surface area contributed by atoms with Crippen LogP contribution in [0.3, 0.4) is 0 Å². The van der Waals surface area contributed by atoms with Crippen LogP contribution in [0.25, 0.3) is 6.08 Å². The van der Waals surface area contributed by atoms with Gasteiger partial charge in [0, 0.05) is 6.08 Å². The van der Waals surface area contributed by atoms with E-state index in [0.29, 0.717) is 11.7 Å². The Morgan fingerprint density at radius 3 is 2.50 bits per heavy atom. The second-order valence-electron chi connectivity index (χ2n) is 4.99. The molecule has 1 unspecified atom stereocenters. The topological polar surface area (TPSA) is 42.2 Å². The molecule has 20 heavy (non-hydrogen) atoms. The predicted octanol–water partition coefficient (Wildman–Crippen LogP) is 3.81. The minimum absolute atomic E-state index is 0.00458. The molecule has 3 heteroatoms. The van der Waals surface area contributed by atoms with Gasteiger partial charge in [-0.3, -0.25) is 4.79 Å². The molecule has 0 saturated carbocycles. The third-order valence-electron chi connectivity index (χ3n) is 3.07. The maximum Gasteiger partial charge on any atom is 0.244 e. The Hall–Kier alpha value is -2.29. The molecular formula is C17H19NO2. The summed E-state index contributed by atoms with van der Waals surface area (Å²) in [7, 11) is 0. The van der Waals surface area contributed by atoms with Crippen LogP contribution in [-0.4, -0.2) is 5.91 Å². The van der Waals surface area contributed by atoms with E-state index in [2.05, 4.69) is 19.2 Å². The third kappa shape index (κ3) is 3.85. The Labute approximate surface area is 119 Å². The highest BCUT2D eigenvalue weighted by Gasteiger charge is 2.16. The standard InChI is InChI=1S/C17H19NO2/c1-13(2)17(14-7-4-3-5-8-14)18-16(19)11-10-15-9-6-12-20-15/h3-13,17H,1-2H3,(H,18,19)/b11-10+. The van der Waals surface area contributed by atoms with Crippen molar-refractivity contribution in [1.29, 1.82) is 0 Å². The van der Waals surface area contributed by atoms with Crippen molar-refractivity contribution in [2.45, 2.75) is 19.9 Å². The lowest BCUT2D eigenvalue weighted by Gasteiger charge is -2.22. The lowest BCUT2D eigenvalue weighted by molar-refractivity contribution is -0.117. The second kappa shape index (κ2) is 6.75. The molecule has 0 aliphatic heterocycles. The second-order valence-corrected chi connectivity index (χ2v) is 4.99. The molecule has 1 N–H and O–H groups in total. The van der Waals surface area contributed by atoms with Crippen molar-refractivity contribution in [3.05, 3.63) is 66.1 Å². The summed E-state index contributed by atoms with van der Waals surface area (Å²) in [5.41, 5.74) is 1.11. The molecule has 1 heterocycles. The van der Waals surface area contributed by atoms with Crippen molar-refractivity contribution in [2.75, 3.05) is 0 Å². The molecule has 1 aromatic carbocycles. The minimum atomic E-state index is -0.121. The summed E-state index contributed by atoms with van der Waals surface area (Å²) in [5, 5.41) is 3.03. The monoisotopic (exact) mass is 269 g/mol. The summed E-state index contributed by atoms with van der Waals surface area (Å²) in [6.45, 7) is 4.18. The number of rotatable bonds is 5. The Balaban J connectivity index is 2.03. The average molecular weight is 269 g/mol. The maximum absolute atomic E-state index is 12.0. The molecule has 0 aliphatic rings. The van der Waals surface area contributed by atoms with Crippen molar-refractivity contribution in [2.24, 2.45) is 5.92 Å². The predicted molar refractivity (Wildman–Crippen MR) is 79.9 cm³/mol. The summed E-state index contributed by atoms with van der Waals surface area (Å²) >= 11 is 0. The molecule has 0 saturated heterocycles. The first-order chi connectivity index (χ1) is 9.66. The Morgan fingerprint density at radius 1 is 1.15 bits per heavy atom. The lowest BCUT2D eigenvalue weighted by Crippen LogP contribution is -2.30. The van der Waals surface area contributed by atoms with Gasteiger partial charge in [-0.05, 0) is 29.7 Å². The molecule has 0 aliphatic carbocycles. The fourth-order valence-corrected chi connectivity index (χ4v) is 2.04. The maximum atomic E-state index is 12.0. The van der Waals surface area contributed by atoms with Gasteiger partial charge in [-0.15, -0.1) is 0 Å². The summed E-state index contributed by atoms with van der Waals surface area (Å²) in [5.74, 6) is 0.864. The normalized spacial score (nSPS) is 12.8. The van der Waals surface area contributed by atoms with E-state index < -0.39 is 0 Å². The van der Waals surface area contributed by atoms with Crippen molar-refractivity contribution in [3.63, 3.8) is 0 Å². The molecule has 3 nitrogen and oxygen atoms in total. The molecule has 2 aromatic rings. The number of amides is 1.